The van der Waals surface area contributed by atoms with E-state index in [1.807, 2.05) is 30.3 Å². The molecule has 0 aliphatic heterocycles. The van der Waals surface area contributed by atoms with E-state index in [1.165, 1.54) is 37.0 Å². The molecule has 0 saturated heterocycles. The quantitative estimate of drug-likeness (QED) is 0.234. The fraction of sp³-hybridized carbons (Fsp3) is 0.406. The van der Waals surface area contributed by atoms with Crippen LogP contribution < -0.4 is 16.0 Å². The summed E-state index contributed by atoms with van der Waals surface area (Å²) in [5, 5.41) is 7.67. The van der Waals surface area contributed by atoms with E-state index in [-0.39, 0.29) is 31.2 Å². The third-order valence-corrected chi connectivity index (χ3v) is 6.32. The van der Waals surface area contributed by atoms with Crippen LogP contribution in [0.1, 0.15) is 58.7 Å². The normalized spacial score (nSPS) is 12.9. The van der Waals surface area contributed by atoms with Gasteiger partial charge in [0, 0.05) is 6.20 Å². The number of benzene rings is 2. The lowest BCUT2D eigenvalue weighted by Crippen LogP contribution is -2.59. The number of rotatable bonds is 13. The number of carbonyl (C=O) groups is 4. The van der Waals surface area contributed by atoms with Crippen LogP contribution in [-0.4, -0.2) is 63.8 Å². The molecule has 12 nitrogen and oxygen atoms in total. The number of amides is 3. The molecular weight excluding hydrogens is 604 g/mol. The van der Waals surface area contributed by atoms with Crippen LogP contribution in [0.5, 0.6) is 0 Å². The molecule has 0 fully saturated rings. The molecule has 0 aliphatic carbocycles. The van der Waals surface area contributed by atoms with E-state index in [2.05, 4.69) is 20.9 Å². The maximum absolute atomic E-state index is 14.0. The molecule has 2 unspecified atom stereocenters. The highest BCUT2D eigenvalue weighted by Gasteiger charge is 2.35. The predicted octanol–water partition coefficient (Wildman–Crippen LogP) is 4.26. The Bertz CT molecular complexity index is 1520. The monoisotopic (exact) mass is 643 g/mol. The number of hydrogen-bond acceptors (Lipinski definition) is 8. The van der Waals surface area contributed by atoms with Crippen molar-refractivity contribution in [2.75, 3.05) is 18.5 Å². The third-order valence-electron chi connectivity index (χ3n) is 6.32. The molecule has 0 radical (unpaired) electrons. The summed E-state index contributed by atoms with van der Waals surface area (Å²) in [5.41, 5.74) is -1.36. The number of alkyl carbamates (subject to hydrolysis) is 1. The minimum atomic E-state index is -1.49. The van der Waals surface area contributed by atoms with Gasteiger partial charge >= 0.3 is 12.1 Å². The van der Waals surface area contributed by atoms with Gasteiger partial charge in [0.2, 0.25) is 5.91 Å². The first kappa shape index (κ1) is 35.6. The summed E-state index contributed by atoms with van der Waals surface area (Å²) >= 11 is 0. The van der Waals surface area contributed by atoms with Crippen molar-refractivity contribution in [3.05, 3.63) is 83.8 Å². The second kappa shape index (κ2) is 15.4. The third kappa shape index (κ3) is 10.4. The molecule has 2 atom stereocenters. The maximum atomic E-state index is 14.0. The standard InChI is InChI=1S/C32H39F2N5O7/c1-7-45-28(41)26(21-13-14-22(33)23(34)15-21)39-16-25(35-19-39)37-27(40)24(18-44-17-20-11-9-8-10-12-20)36-29(42)32(5,6)38-30(43)46-31(2,3)4/h8-16,19,24,26H,7,17-18H2,1-6H3,(H,36,42)(H,37,40)(H,38,43). The summed E-state index contributed by atoms with van der Waals surface area (Å²) in [6.07, 6.45) is 1.70. The van der Waals surface area contributed by atoms with Gasteiger partial charge in [-0.2, -0.15) is 0 Å². The van der Waals surface area contributed by atoms with E-state index in [9.17, 15) is 28.0 Å². The van der Waals surface area contributed by atoms with Gasteiger partial charge in [-0.15, -0.1) is 0 Å². The molecule has 3 amide bonds. The molecule has 0 bridgehead atoms. The number of nitrogens with zero attached hydrogens (tertiary/aromatic N) is 2. The summed E-state index contributed by atoms with van der Waals surface area (Å²) in [6, 6.07) is 9.67. The number of aromatic nitrogens is 2. The molecule has 46 heavy (non-hydrogen) atoms. The largest absolute Gasteiger partial charge is 0.464 e. The van der Waals surface area contributed by atoms with E-state index in [4.69, 9.17) is 14.2 Å². The van der Waals surface area contributed by atoms with Crippen molar-refractivity contribution >= 4 is 29.7 Å². The van der Waals surface area contributed by atoms with Gasteiger partial charge in [0.15, 0.2) is 23.5 Å². The van der Waals surface area contributed by atoms with Gasteiger partial charge in [-0.1, -0.05) is 36.4 Å². The smallest absolute Gasteiger partial charge is 0.408 e. The molecule has 0 saturated carbocycles. The van der Waals surface area contributed by atoms with Crippen molar-refractivity contribution in [1.82, 2.24) is 20.2 Å². The number of nitrogens with one attached hydrogen (secondary N) is 3. The van der Waals surface area contributed by atoms with Crippen molar-refractivity contribution in [3.8, 4) is 0 Å². The topological polar surface area (TPSA) is 150 Å². The van der Waals surface area contributed by atoms with Crippen LogP contribution in [0, 0.1) is 11.6 Å². The average Bonchev–Trinajstić information content (AvgIpc) is 3.41. The number of carbonyl (C=O) groups excluding carboxylic acids is 4. The van der Waals surface area contributed by atoms with E-state index in [0.29, 0.717) is 0 Å². The van der Waals surface area contributed by atoms with E-state index in [0.717, 1.165) is 17.7 Å². The van der Waals surface area contributed by atoms with E-state index in [1.54, 1.807) is 27.7 Å². The zero-order chi connectivity index (χ0) is 34.1. The van der Waals surface area contributed by atoms with Gasteiger partial charge in [0.1, 0.15) is 17.2 Å². The second-order valence-corrected chi connectivity index (χ2v) is 11.8. The lowest BCUT2D eigenvalue weighted by molar-refractivity contribution is -0.145. The summed E-state index contributed by atoms with van der Waals surface area (Å²) < 4.78 is 45.0. The molecule has 0 spiro atoms. The second-order valence-electron chi connectivity index (χ2n) is 11.8. The number of anilines is 1. The SMILES string of the molecule is CCOC(=O)C(c1ccc(F)c(F)c1)n1cnc(NC(=O)C(COCc2ccccc2)NC(=O)C(C)(C)NC(=O)OC(C)(C)C)c1. The first-order valence-electron chi connectivity index (χ1n) is 14.5. The van der Waals surface area contributed by atoms with Crippen molar-refractivity contribution in [3.63, 3.8) is 0 Å². The summed E-state index contributed by atoms with van der Waals surface area (Å²) in [5.74, 6) is -4.44. The Balaban J connectivity index is 1.80. The Labute approximate surface area is 265 Å². The molecule has 3 aromatic rings. The van der Waals surface area contributed by atoms with Crippen molar-refractivity contribution in [2.45, 2.75) is 71.4 Å². The molecule has 3 rings (SSSR count). The molecule has 1 heterocycles. The Morgan fingerprint density at radius 3 is 2.30 bits per heavy atom. The van der Waals surface area contributed by atoms with Gasteiger partial charge in [-0.25, -0.2) is 23.4 Å². The van der Waals surface area contributed by atoms with E-state index < -0.39 is 58.7 Å². The Morgan fingerprint density at radius 2 is 1.67 bits per heavy atom. The molecule has 2 aromatic carbocycles. The highest BCUT2D eigenvalue weighted by Crippen LogP contribution is 2.24. The fourth-order valence-corrected chi connectivity index (χ4v) is 4.10. The summed E-state index contributed by atoms with van der Waals surface area (Å²) in [6.45, 7) is 9.44. The highest BCUT2D eigenvalue weighted by molar-refractivity contribution is 5.98. The van der Waals surface area contributed by atoms with Crippen LogP contribution in [-0.2, 0) is 35.2 Å². The van der Waals surface area contributed by atoms with Crippen LogP contribution >= 0.6 is 0 Å². The first-order valence-corrected chi connectivity index (χ1v) is 14.5. The molecule has 248 valence electrons. The Kier molecular flexibility index (Phi) is 12.0. The predicted molar refractivity (Wildman–Crippen MR) is 163 cm³/mol. The highest BCUT2D eigenvalue weighted by atomic mass is 19.2. The van der Waals surface area contributed by atoms with Crippen LogP contribution in [0.15, 0.2) is 61.1 Å². The summed E-state index contributed by atoms with van der Waals surface area (Å²) in [7, 11) is 0. The van der Waals surface area contributed by atoms with Crippen molar-refractivity contribution in [2.24, 2.45) is 0 Å². The molecule has 0 aliphatic rings. The zero-order valence-corrected chi connectivity index (χ0v) is 26.6. The number of esters is 1. The van der Waals surface area contributed by atoms with Crippen LogP contribution in [0.3, 0.4) is 0 Å². The van der Waals surface area contributed by atoms with Crippen molar-refractivity contribution < 1.29 is 42.2 Å². The van der Waals surface area contributed by atoms with Gasteiger partial charge < -0.3 is 34.7 Å². The minimum absolute atomic E-state index is 0.0182. The first-order chi connectivity index (χ1) is 21.6. The van der Waals surface area contributed by atoms with E-state index >= 15 is 0 Å². The lowest BCUT2D eigenvalue weighted by atomic mass is 10.0. The Hall–Kier alpha value is -4.85. The number of ether oxygens (including phenoxy) is 3. The van der Waals surface area contributed by atoms with Crippen molar-refractivity contribution in [1.29, 1.82) is 0 Å². The lowest BCUT2D eigenvalue weighted by Gasteiger charge is -2.29. The van der Waals surface area contributed by atoms with Gasteiger partial charge in [-0.05, 0) is 64.8 Å². The van der Waals surface area contributed by atoms with Crippen LogP contribution in [0.4, 0.5) is 19.4 Å². The molecule has 14 heteroatoms. The molecular formula is C32H39F2N5O7. The average molecular weight is 644 g/mol. The number of imidazole rings is 1. The van der Waals surface area contributed by atoms with Gasteiger partial charge in [0.05, 0.1) is 26.1 Å². The number of hydrogen-bond donors (Lipinski definition) is 3. The van der Waals surface area contributed by atoms with Crippen LogP contribution in [0.2, 0.25) is 0 Å². The fourth-order valence-electron chi connectivity index (χ4n) is 4.10. The van der Waals surface area contributed by atoms with Gasteiger partial charge in [0.25, 0.3) is 5.91 Å². The molecule has 3 N–H and O–H groups in total. The Morgan fingerprint density at radius 1 is 0.978 bits per heavy atom. The minimum Gasteiger partial charge on any atom is -0.464 e. The van der Waals surface area contributed by atoms with Gasteiger partial charge in [-0.3, -0.25) is 9.59 Å². The zero-order valence-electron chi connectivity index (χ0n) is 26.6. The summed E-state index contributed by atoms with van der Waals surface area (Å²) in [4.78, 5) is 56.0. The maximum Gasteiger partial charge on any atom is 0.408 e. The van der Waals surface area contributed by atoms with Crippen LogP contribution in [0.25, 0.3) is 0 Å². The number of halogens is 2. The molecule has 1 aromatic heterocycles.